The zero-order valence-electron chi connectivity index (χ0n) is 18.1. The minimum absolute atomic E-state index is 0.165. The number of amides is 2. The van der Waals surface area contributed by atoms with Crippen molar-refractivity contribution in [3.63, 3.8) is 0 Å². The third-order valence-electron chi connectivity index (χ3n) is 4.28. The Bertz CT molecular complexity index is 838. The molecule has 1 aromatic carbocycles. The quantitative estimate of drug-likeness (QED) is 0.353. The van der Waals surface area contributed by atoms with Gasteiger partial charge in [-0.1, -0.05) is 6.08 Å². The molecular formula is C22H27NO9. The van der Waals surface area contributed by atoms with Gasteiger partial charge in [0.15, 0.2) is 11.5 Å². The molecule has 0 saturated carbocycles. The van der Waals surface area contributed by atoms with Crippen molar-refractivity contribution in [1.29, 1.82) is 0 Å². The van der Waals surface area contributed by atoms with Gasteiger partial charge < -0.3 is 28.8 Å². The Morgan fingerprint density at radius 2 is 1.72 bits per heavy atom. The van der Waals surface area contributed by atoms with Crippen LogP contribution in [0.15, 0.2) is 30.4 Å². The van der Waals surface area contributed by atoms with Gasteiger partial charge >= 0.3 is 5.97 Å². The molecule has 2 rings (SSSR count). The summed E-state index contributed by atoms with van der Waals surface area (Å²) in [6.07, 6.45) is 6.66. The molecular weight excluding hydrogens is 422 g/mol. The average Bonchev–Trinajstić information content (AvgIpc) is 2.79. The third kappa shape index (κ3) is 7.71. The number of aliphatic carboxylic acids is 1. The van der Waals surface area contributed by atoms with E-state index in [1.165, 1.54) is 31.3 Å². The Balaban J connectivity index is 1.94. The fourth-order valence-corrected chi connectivity index (χ4v) is 2.78. The van der Waals surface area contributed by atoms with Crippen molar-refractivity contribution >= 4 is 23.9 Å². The van der Waals surface area contributed by atoms with Crippen LogP contribution in [0.3, 0.4) is 0 Å². The molecule has 10 heteroatoms. The molecule has 2 amide bonds. The van der Waals surface area contributed by atoms with E-state index in [-0.39, 0.29) is 38.9 Å². The highest BCUT2D eigenvalue weighted by atomic mass is 16.6. The molecule has 0 saturated heterocycles. The van der Waals surface area contributed by atoms with Crippen LogP contribution in [0.4, 0.5) is 0 Å². The molecule has 0 fully saturated rings. The highest BCUT2D eigenvalue weighted by molar-refractivity contribution is 6.06. The molecule has 1 aliphatic rings. The molecule has 0 bridgehead atoms. The van der Waals surface area contributed by atoms with E-state index < -0.39 is 11.9 Å². The van der Waals surface area contributed by atoms with Crippen LogP contribution >= 0.6 is 0 Å². The zero-order valence-corrected chi connectivity index (χ0v) is 18.1. The lowest BCUT2D eigenvalue weighted by Gasteiger charge is -2.19. The highest BCUT2D eigenvalue weighted by Gasteiger charge is 2.19. The molecule has 32 heavy (non-hydrogen) atoms. The summed E-state index contributed by atoms with van der Waals surface area (Å²) in [6, 6.07) is 3.36. The first-order valence-corrected chi connectivity index (χ1v) is 9.92. The third-order valence-corrected chi connectivity index (χ3v) is 4.28. The van der Waals surface area contributed by atoms with Crippen molar-refractivity contribution in [2.24, 2.45) is 0 Å². The summed E-state index contributed by atoms with van der Waals surface area (Å²) in [7, 11) is 2.96. The molecule has 1 aliphatic heterocycles. The smallest absolute Gasteiger partial charge is 0.329 e. The number of ether oxygens (including phenoxy) is 5. The van der Waals surface area contributed by atoms with Gasteiger partial charge in [0.2, 0.25) is 5.75 Å². The molecule has 10 nitrogen and oxygen atoms in total. The van der Waals surface area contributed by atoms with Crippen LogP contribution in [-0.2, 0) is 23.9 Å². The first-order valence-electron chi connectivity index (χ1n) is 9.92. The molecule has 0 aliphatic carbocycles. The van der Waals surface area contributed by atoms with Crippen molar-refractivity contribution < 1.29 is 43.2 Å². The van der Waals surface area contributed by atoms with Crippen LogP contribution in [0, 0.1) is 0 Å². The van der Waals surface area contributed by atoms with Crippen molar-refractivity contribution in [2.75, 3.05) is 53.8 Å². The number of carboxylic acids is 1. The first kappa shape index (κ1) is 24.9. The van der Waals surface area contributed by atoms with E-state index in [2.05, 4.69) is 0 Å². The van der Waals surface area contributed by atoms with Gasteiger partial charge in [0, 0.05) is 12.6 Å². The van der Waals surface area contributed by atoms with Gasteiger partial charge in [0.05, 0.1) is 34.0 Å². The number of benzene rings is 1. The summed E-state index contributed by atoms with van der Waals surface area (Å²) in [4.78, 5) is 35.6. The largest absolute Gasteiger partial charge is 0.493 e. The minimum atomic E-state index is -1.03. The molecule has 1 heterocycles. The molecule has 0 spiro atoms. The van der Waals surface area contributed by atoms with Gasteiger partial charge in [-0.25, -0.2) is 4.79 Å². The van der Waals surface area contributed by atoms with Gasteiger partial charge in [0.1, 0.15) is 13.2 Å². The topological polar surface area (TPSA) is 121 Å². The van der Waals surface area contributed by atoms with Crippen LogP contribution in [-0.4, -0.2) is 81.6 Å². The van der Waals surface area contributed by atoms with E-state index in [0.717, 1.165) is 0 Å². The number of hydrogen-bond acceptors (Lipinski definition) is 8. The van der Waals surface area contributed by atoms with Crippen molar-refractivity contribution in [2.45, 2.75) is 6.42 Å². The SMILES string of the molecule is COc1cc(C=CC(=O)N2CCC=CC2=O)cc(OC)c1OCCOCCOCC(=O)O. The number of hydrogen-bond donors (Lipinski definition) is 1. The Morgan fingerprint density at radius 1 is 1.06 bits per heavy atom. The summed E-state index contributed by atoms with van der Waals surface area (Å²) in [5.41, 5.74) is 0.631. The van der Waals surface area contributed by atoms with Gasteiger partial charge in [-0.2, -0.15) is 0 Å². The lowest BCUT2D eigenvalue weighted by atomic mass is 10.1. The zero-order chi connectivity index (χ0) is 23.3. The van der Waals surface area contributed by atoms with Crippen molar-refractivity contribution in [3.8, 4) is 17.2 Å². The molecule has 1 N–H and O–H groups in total. The van der Waals surface area contributed by atoms with Gasteiger partial charge in [-0.05, 0) is 36.3 Å². The second-order valence-corrected chi connectivity index (χ2v) is 6.51. The fraction of sp³-hybridized carbons (Fsp3) is 0.409. The number of carbonyl (C=O) groups excluding carboxylic acids is 2. The summed E-state index contributed by atoms with van der Waals surface area (Å²) in [5, 5.41) is 8.48. The van der Waals surface area contributed by atoms with E-state index in [0.29, 0.717) is 35.8 Å². The van der Waals surface area contributed by atoms with E-state index in [1.807, 2.05) is 0 Å². The van der Waals surface area contributed by atoms with Gasteiger partial charge in [-0.15, -0.1) is 0 Å². The van der Waals surface area contributed by atoms with Crippen LogP contribution in [0.25, 0.3) is 6.08 Å². The second-order valence-electron chi connectivity index (χ2n) is 6.51. The summed E-state index contributed by atoms with van der Waals surface area (Å²) in [5.74, 6) is -0.591. The van der Waals surface area contributed by atoms with E-state index >= 15 is 0 Å². The van der Waals surface area contributed by atoms with Crippen LogP contribution in [0.1, 0.15) is 12.0 Å². The minimum Gasteiger partial charge on any atom is -0.493 e. The Labute approximate surface area is 185 Å². The van der Waals surface area contributed by atoms with Gasteiger partial charge in [0.25, 0.3) is 11.8 Å². The van der Waals surface area contributed by atoms with E-state index in [4.69, 9.17) is 28.8 Å². The lowest BCUT2D eigenvalue weighted by molar-refractivity contribution is -0.143. The van der Waals surface area contributed by atoms with Crippen LogP contribution in [0.2, 0.25) is 0 Å². The number of methoxy groups -OCH3 is 2. The average molecular weight is 449 g/mol. The molecule has 0 unspecified atom stereocenters. The predicted octanol–water partition coefficient (Wildman–Crippen LogP) is 1.53. The molecule has 1 aromatic rings. The fourth-order valence-electron chi connectivity index (χ4n) is 2.78. The maximum Gasteiger partial charge on any atom is 0.329 e. The number of rotatable bonds is 13. The van der Waals surface area contributed by atoms with Gasteiger partial charge in [-0.3, -0.25) is 14.5 Å². The molecule has 174 valence electrons. The summed E-state index contributed by atoms with van der Waals surface area (Å²) >= 11 is 0. The molecule has 0 atom stereocenters. The predicted molar refractivity (Wildman–Crippen MR) is 114 cm³/mol. The lowest BCUT2D eigenvalue weighted by Crippen LogP contribution is -2.37. The summed E-state index contributed by atoms with van der Waals surface area (Å²) < 4.78 is 26.7. The monoisotopic (exact) mass is 449 g/mol. The number of imide groups is 1. The molecule has 0 aromatic heterocycles. The number of carboxylic acid groups (broad SMARTS) is 1. The normalized spacial score (nSPS) is 13.4. The van der Waals surface area contributed by atoms with Crippen molar-refractivity contribution in [1.82, 2.24) is 4.90 Å². The maximum absolute atomic E-state index is 12.3. The Hall–Kier alpha value is -3.37. The summed E-state index contributed by atoms with van der Waals surface area (Å²) in [6.45, 7) is 0.828. The van der Waals surface area contributed by atoms with E-state index in [1.54, 1.807) is 24.3 Å². The maximum atomic E-state index is 12.3. The second kappa shape index (κ2) is 13.1. The van der Waals surface area contributed by atoms with Crippen LogP contribution < -0.4 is 14.2 Å². The van der Waals surface area contributed by atoms with Crippen molar-refractivity contribution in [3.05, 3.63) is 35.9 Å². The number of nitrogens with zero attached hydrogens (tertiary/aromatic N) is 1. The first-order chi connectivity index (χ1) is 15.5. The molecule has 0 radical (unpaired) electrons. The Kier molecular flexibility index (Phi) is 10.2. The number of carbonyl (C=O) groups is 3. The Morgan fingerprint density at radius 3 is 2.34 bits per heavy atom. The van der Waals surface area contributed by atoms with Crippen LogP contribution in [0.5, 0.6) is 17.2 Å². The van der Waals surface area contributed by atoms with E-state index in [9.17, 15) is 14.4 Å². The standard InChI is InChI=1S/C22H27NO9/c1-28-17-13-16(6-7-20(25)23-8-4-3-5-19(23)24)14-18(29-2)22(17)32-12-11-30-9-10-31-15-21(26)27/h3,5-7,13-14H,4,8-12,15H2,1-2H3,(H,26,27). The highest BCUT2D eigenvalue weighted by Crippen LogP contribution is 2.38.